The smallest absolute Gasteiger partial charge is 0.193 e. The Morgan fingerprint density at radius 2 is 2.25 bits per heavy atom. The summed E-state index contributed by atoms with van der Waals surface area (Å²) >= 11 is 5.97. The second-order valence-electron chi connectivity index (χ2n) is 6.62. The molecule has 0 aliphatic carbocycles. The van der Waals surface area contributed by atoms with Crippen LogP contribution >= 0.6 is 35.6 Å². The molecule has 1 aliphatic heterocycles. The maximum absolute atomic E-state index is 5.97. The van der Waals surface area contributed by atoms with E-state index in [4.69, 9.17) is 25.8 Å². The molecule has 0 saturated carbocycles. The lowest BCUT2D eigenvalue weighted by Gasteiger charge is -2.22. The summed E-state index contributed by atoms with van der Waals surface area (Å²) in [5.74, 6) is 2.23. The van der Waals surface area contributed by atoms with Crippen molar-refractivity contribution >= 4 is 41.5 Å². The number of halogens is 2. The Balaban J connectivity index is 0.00000392. The van der Waals surface area contributed by atoms with Crippen molar-refractivity contribution in [3.8, 4) is 5.75 Å². The third-order valence-corrected chi connectivity index (χ3v) is 4.51. The van der Waals surface area contributed by atoms with Crippen molar-refractivity contribution in [2.75, 3.05) is 59.7 Å². The van der Waals surface area contributed by atoms with Crippen LogP contribution < -0.4 is 10.1 Å². The van der Waals surface area contributed by atoms with Crippen LogP contribution in [0.15, 0.2) is 29.3 Å². The van der Waals surface area contributed by atoms with Crippen LogP contribution in [0.1, 0.15) is 19.8 Å². The summed E-state index contributed by atoms with van der Waals surface area (Å²) in [5.41, 5.74) is 0. The molecule has 1 unspecified atom stereocenters. The summed E-state index contributed by atoms with van der Waals surface area (Å²) in [4.78, 5) is 6.75. The summed E-state index contributed by atoms with van der Waals surface area (Å²) < 4.78 is 16.8. The van der Waals surface area contributed by atoms with E-state index < -0.39 is 0 Å². The molecular formula is C20H33ClIN3O3. The molecule has 28 heavy (non-hydrogen) atoms. The van der Waals surface area contributed by atoms with Crippen LogP contribution in [0.25, 0.3) is 0 Å². The molecule has 0 bridgehead atoms. The predicted octanol–water partition coefficient (Wildman–Crippen LogP) is 3.68. The third-order valence-electron chi connectivity index (χ3n) is 4.27. The molecule has 1 fully saturated rings. The highest BCUT2D eigenvalue weighted by Crippen LogP contribution is 2.17. The average Bonchev–Trinajstić information content (AvgIpc) is 3.17. The molecule has 0 radical (unpaired) electrons. The zero-order valence-electron chi connectivity index (χ0n) is 16.9. The van der Waals surface area contributed by atoms with Gasteiger partial charge < -0.3 is 24.4 Å². The first-order valence-electron chi connectivity index (χ1n) is 9.72. The quantitative estimate of drug-likeness (QED) is 0.207. The normalized spacial score (nSPS) is 16.5. The molecule has 160 valence electrons. The summed E-state index contributed by atoms with van der Waals surface area (Å²) in [6.45, 7) is 8.18. The lowest BCUT2D eigenvalue weighted by atomic mass is 10.1. The van der Waals surface area contributed by atoms with Gasteiger partial charge in [0.25, 0.3) is 0 Å². The molecule has 8 heteroatoms. The zero-order valence-corrected chi connectivity index (χ0v) is 19.9. The fourth-order valence-corrected chi connectivity index (χ4v) is 2.93. The molecule has 2 rings (SSSR count). The van der Waals surface area contributed by atoms with Crippen molar-refractivity contribution in [3.05, 3.63) is 29.3 Å². The first-order chi connectivity index (χ1) is 13.2. The monoisotopic (exact) mass is 525 g/mol. The minimum Gasteiger partial charge on any atom is -0.492 e. The van der Waals surface area contributed by atoms with Crippen LogP contribution in [0, 0.1) is 5.92 Å². The van der Waals surface area contributed by atoms with Gasteiger partial charge in [-0.25, -0.2) is 0 Å². The predicted molar refractivity (Wildman–Crippen MR) is 125 cm³/mol. The van der Waals surface area contributed by atoms with E-state index in [2.05, 4.69) is 22.1 Å². The summed E-state index contributed by atoms with van der Waals surface area (Å²) in [6.07, 6.45) is 2.03. The number of aliphatic imine (C=N–C) groups is 1. The van der Waals surface area contributed by atoms with Gasteiger partial charge in [0.1, 0.15) is 12.4 Å². The van der Waals surface area contributed by atoms with Gasteiger partial charge in [-0.05, 0) is 38.0 Å². The van der Waals surface area contributed by atoms with Gasteiger partial charge in [-0.1, -0.05) is 17.7 Å². The van der Waals surface area contributed by atoms with Gasteiger partial charge in [-0.15, -0.1) is 24.0 Å². The highest BCUT2D eigenvalue weighted by atomic mass is 127. The maximum Gasteiger partial charge on any atom is 0.193 e. The number of nitrogens with one attached hydrogen (secondary N) is 1. The Morgan fingerprint density at radius 3 is 2.96 bits per heavy atom. The number of hydrogen-bond donors (Lipinski definition) is 1. The Kier molecular flexibility index (Phi) is 13.6. The van der Waals surface area contributed by atoms with Crippen molar-refractivity contribution in [2.24, 2.45) is 10.9 Å². The van der Waals surface area contributed by atoms with Crippen LogP contribution in [-0.4, -0.2) is 70.6 Å². The van der Waals surface area contributed by atoms with Gasteiger partial charge in [0.15, 0.2) is 5.96 Å². The highest BCUT2D eigenvalue weighted by molar-refractivity contribution is 14.0. The number of guanidine groups is 1. The fourth-order valence-electron chi connectivity index (χ4n) is 2.75. The summed E-state index contributed by atoms with van der Waals surface area (Å²) in [5, 5.41) is 4.00. The van der Waals surface area contributed by atoms with E-state index in [1.807, 2.05) is 31.3 Å². The number of nitrogens with zero attached hydrogens (tertiary/aromatic N) is 2. The van der Waals surface area contributed by atoms with Crippen LogP contribution in [0.3, 0.4) is 0 Å². The molecule has 1 aromatic carbocycles. The number of hydrogen-bond acceptors (Lipinski definition) is 4. The van der Waals surface area contributed by atoms with E-state index in [0.717, 1.165) is 70.6 Å². The Hall–Kier alpha value is -0.770. The van der Waals surface area contributed by atoms with Crippen LogP contribution in [-0.2, 0) is 9.47 Å². The number of ether oxygens (including phenoxy) is 3. The molecule has 0 spiro atoms. The lowest BCUT2D eigenvalue weighted by Crippen LogP contribution is -2.41. The van der Waals surface area contributed by atoms with Gasteiger partial charge >= 0.3 is 0 Å². The van der Waals surface area contributed by atoms with E-state index in [1.165, 1.54) is 0 Å². The van der Waals surface area contributed by atoms with Gasteiger partial charge in [-0.3, -0.25) is 4.99 Å². The minimum absolute atomic E-state index is 0. The van der Waals surface area contributed by atoms with Crippen LogP contribution in [0.5, 0.6) is 5.75 Å². The van der Waals surface area contributed by atoms with Gasteiger partial charge in [-0.2, -0.15) is 0 Å². The molecule has 1 aliphatic rings. The van der Waals surface area contributed by atoms with Gasteiger partial charge in [0.05, 0.1) is 19.8 Å². The molecular weight excluding hydrogens is 493 g/mol. The molecule has 6 nitrogen and oxygen atoms in total. The topological polar surface area (TPSA) is 55.3 Å². The fraction of sp³-hybridized carbons (Fsp3) is 0.650. The maximum atomic E-state index is 5.97. The molecule has 1 heterocycles. The standard InChI is InChI=1S/C20H32ClN3O3.HI/c1-3-22-20(23-9-5-11-25-15-17-8-12-26-16-17)24(2)10-13-27-19-7-4-6-18(21)14-19;/h4,6-7,14,17H,3,5,8-13,15-16H2,1-2H3,(H,22,23);1H. The Labute approximate surface area is 191 Å². The minimum atomic E-state index is 0. The van der Waals surface area contributed by atoms with Crippen molar-refractivity contribution in [1.29, 1.82) is 0 Å². The van der Waals surface area contributed by atoms with E-state index in [9.17, 15) is 0 Å². The Morgan fingerprint density at radius 1 is 1.39 bits per heavy atom. The van der Waals surface area contributed by atoms with Crippen LogP contribution in [0.4, 0.5) is 0 Å². The van der Waals surface area contributed by atoms with E-state index in [-0.39, 0.29) is 24.0 Å². The third kappa shape index (κ3) is 10.1. The second kappa shape index (κ2) is 15.1. The first-order valence-corrected chi connectivity index (χ1v) is 10.1. The molecule has 0 aromatic heterocycles. The number of likely N-dealkylation sites (N-methyl/N-ethyl adjacent to an activating group) is 1. The lowest BCUT2D eigenvalue weighted by molar-refractivity contribution is 0.0893. The first kappa shape index (κ1) is 25.3. The van der Waals surface area contributed by atoms with E-state index in [0.29, 0.717) is 17.5 Å². The zero-order chi connectivity index (χ0) is 19.3. The largest absolute Gasteiger partial charge is 0.492 e. The summed E-state index contributed by atoms with van der Waals surface area (Å²) in [7, 11) is 2.01. The highest BCUT2D eigenvalue weighted by Gasteiger charge is 2.15. The SMILES string of the molecule is CCNC(=NCCCOCC1CCOC1)N(C)CCOc1cccc(Cl)c1.I. The van der Waals surface area contributed by atoms with E-state index >= 15 is 0 Å². The molecule has 1 atom stereocenters. The van der Waals surface area contributed by atoms with Gasteiger partial charge in [0, 0.05) is 44.3 Å². The number of rotatable bonds is 11. The average molecular weight is 526 g/mol. The van der Waals surface area contributed by atoms with E-state index in [1.54, 1.807) is 0 Å². The molecule has 1 saturated heterocycles. The number of benzene rings is 1. The van der Waals surface area contributed by atoms with Gasteiger partial charge in [0.2, 0.25) is 0 Å². The summed E-state index contributed by atoms with van der Waals surface area (Å²) in [6, 6.07) is 7.44. The van der Waals surface area contributed by atoms with Crippen LogP contribution in [0.2, 0.25) is 5.02 Å². The Bertz CT molecular complexity index is 571. The molecule has 0 amide bonds. The van der Waals surface area contributed by atoms with Crippen molar-refractivity contribution < 1.29 is 14.2 Å². The van der Waals surface area contributed by atoms with Crippen molar-refractivity contribution in [2.45, 2.75) is 19.8 Å². The molecule has 1 N–H and O–H groups in total. The second-order valence-corrected chi connectivity index (χ2v) is 7.06. The van der Waals surface area contributed by atoms with Crippen molar-refractivity contribution in [1.82, 2.24) is 10.2 Å². The molecule has 1 aromatic rings. The van der Waals surface area contributed by atoms with Crippen molar-refractivity contribution in [3.63, 3.8) is 0 Å².